The zero-order valence-electron chi connectivity index (χ0n) is 10.2. The highest BCUT2D eigenvalue weighted by atomic mass is 32.2. The van der Waals surface area contributed by atoms with Crippen LogP contribution in [-0.2, 0) is 21.0 Å². The van der Waals surface area contributed by atoms with E-state index in [1.807, 2.05) is 6.92 Å². The summed E-state index contributed by atoms with van der Waals surface area (Å²) in [4.78, 5) is -0.178. The van der Waals surface area contributed by atoms with Crippen LogP contribution in [-0.4, -0.2) is 30.7 Å². The average molecular weight is 274 g/mol. The van der Waals surface area contributed by atoms with Crippen molar-refractivity contribution in [2.75, 3.05) is 17.8 Å². The number of hydrogen-bond acceptors (Lipinski definition) is 3. The van der Waals surface area contributed by atoms with Crippen LogP contribution in [0.5, 0.6) is 0 Å². The van der Waals surface area contributed by atoms with Gasteiger partial charge in [-0.25, -0.2) is 8.42 Å². The van der Waals surface area contributed by atoms with E-state index in [0.29, 0.717) is 0 Å². The van der Waals surface area contributed by atoms with Crippen LogP contribution in [0.2, 0.25) is 0 Å². The first-order valence-electron chi connectivity index (χ1n) is 5.51. The minimum Gasteiger partial charge on any atom is -0.744 e. The number of hydrogen-bond donors (Lipinski definition) is 0. The Balaban J connectivity index is 0.000000202. The second-order valence-corrected chi connectivity index (χ2v) is 7.92. The van der Waals surface area contributed by atoms with E-state index >= 15 is 0 Å². The molecule has 96 valence electrons. The molecule has 0 unspecified atom stereocenters. The molecule has 0 aromatic heterocycles. The molecule has 1 aliphatic rings. The lowest BCUT2D eigenvalue weighted by Crippen LogP contribution is -1.97. The SMILES string of the molecule is C[S+]1CCCC1.Cc1ccc(S(=O)(=O)[O-])cc1. The summed E-state index contributed by atoms with van der Waals surface area (Å²) in [7, 11) is -3.44. The van der Waals surface area contributed by atoms with Crippen molar-refractivity contribution in [3.63, 3.8) is 0 Å². The molecule has 1 saturated heterocycles. The first-order valence-corrected chi connectivity index (χ1v) is 8.89. The number of aryl methyl sites for hydroxylation is 1. The topological polar surface area (TPSA) is 57.2 Å². The number of rotatable bonds is 1. The van der Waals surface area contributed by atoms with Crippen LogP contribution >= 0.6 is 0 Å². The highest BCUT2D eigenvalue weighted by molar-refractivity contribution is 7.96. The van der Waals surface area contributed by atoms with Crippen molar-refractivity contribution in [1.82, 2.24) is 0 Å². The third kappa shape index (κ3) is 5.57. The van der Waals surface area contributed by atoms with E-state index in [9.17, 15) is 13.0 Å². The van der Waals surface area contributed by atoms with E-state index in [2.05, 4.69) is 6.26 Å². The fourth-order valence-electron chi connectivity index (χ4n) is 1.50. The zero-order valence-corrected chi connectivity index (χ0v) is 11.8. The largest absolute Gasteiger partial charge is 0.744 e. The van der Waals surface area contributed by atoms with Crippen molar-refractivity contribution in [3.8, 4) is 0 Å². The molecule has 1 heterocycles. The third-order valence-corrected chi connectivity index (χ3v) is 5.37. The Morgan fingerprint density at radius 3 is 1.88 bits per heavy atom. The lowest BCUT2D eigenvalue weighted by molar-refractivity contribution is 0.463. The van der Waals surface area contributed by atoms with Crippen LogP contribution in [0.1, 0.15) is 18.4 Å². The summed E-state index contributed by atoms with van der Waals surface area (Å²) in [5.74, 6) is 3.03. The third-order valence-electron chi connectivity index (χ3n) is 2.55. The molecule has 0 aliphatic carbocycles. The van der Waals surface area contributed by atoms with Gasteiger partial charge < -0.3 is 4.55 Å². The molecule has 17 heavy (non-hydrogen) atoms. The quantitative estimate of drug-likeness (QED) is 0.581. The van der Waals surface area contributed by atoms with Crippen molar-refractivity contribution in [2.24, 2.45) is 0 Å². The maximum absolute atomic E-state index is 10.4. The fraction of sp³-hybridized carbons (Fsp3) is 0.500. The molecule has 0 spiro atoms. The van der Waals surface area contributed by atoms with Gasteiger partial charge in [-0.15, -0.1) is 0 Å². The second-order valence-electron chi connectivity index (χ2n) is 4.16. The van der Waals surface area contributed by atoms with E-state index in [-0.39, 0.29) is 4.90 Å². The summed E-state index contributed by atoms with van der Waals surface area (Å²) >= 11 is 0. The fourth-order valence-corrected chi connectivity index (χ4v) is 3.57. The van der Waals surface area contributed by atoms with Crippen molar-refractivity contribution in [3.05, 3.63) is 29.8 Å². The Morgan fingerprint density at radius 2 is 1.59 bits per heavy atom. The lowest BCUT2D eigenvalue weighted by atomic mass is 10.2. The summed E-state index contributed by atoms with van der Waals surface area (Å²) in [5.41, 5.74) is 0.928. The van der Waals surface area contributed by atoms with Crippen LogP contribution in [0.3, 0.4) is 0 Å². The van der Waals surface area contributed by atoms with E-state index in [4.69, 9.17) is 0 Å². The molecule has 2 rings (SSSR count). The Kier molecular flexibility index (Phi) is 5.49. The highest BCUT2D eigenvalue weighted by Gasteiger charge is 2.16. The van der Waals surface area contributed by atoms with Gasteiger partial charge in [0.1, 0.15) is 21.6 Å². The van der Waals surface area contributed by atoms with Gasteiger partial charge in [0.2, 0.25) is 0 Å². The van der Waals surface area contributed by atoms with Crippen LogP contribution < -0.4 is 0 Å². The molecule has 3 nitrogen and oxygen atoms in total. The Hall–Kier alpha value is -0.520. The van der Waals surface area contributed by atoms with Gasteiger partial charge in [0.05, 0.1) is 11.2 Å². The van der Waals surface area contributed by atoms with Crippen molar-refractivity contribution in [2.45, 2.75) is 24.7 Å². The van der Waals surface area contributed by atoms with Gasteiger partial charge in [0.25, 0.3) is 0 Å². The molecule has 0 amide bonds. The molecule has 1 aromatic carbocycles. The second kappa shape index (κ2) is 6.42. The first-order chi connectivity index (χ1) is 7.89. The number of benzene rings is 1. The molecule has 1 aliphatic heterocycles. The van der Waals surface area contributed by atoms with Crippen LogP contribution in [0.25, 0.3) is 0 Å². The van der Waals surface area contributed by atoms with Crippen LogP contribution in [0.4, 0.5) is 0 Å². The molecule has 0 atom stereocenters. The summed E-state index contributed by atoms with van der Waals surface area (Å²) in [5, 5.41) is 0. The van der Waals surface area contributed by atoms with Crippen LogP contribution in [0.15, 0.2) is 29.2 Å². The van der Waals surface area contributed by atoms with E-state index < -0.39 is 10.1 Å². The molecule has 5 heteroatoms. The van der Waals surface area contributed by atoms with E-state index in [1.165, 1.54) is 36.5 Å². The minimum atomic E-state index is -4.27. The Morgan fingerprint density at radius 1 is 1.12 bits per heavy atom. The summed E-state index contributed by atoms with van der Waals surface area (Å²) < 4.78 is 31.2. The Labute approximate surface area is 106 Å². The van der Waals surface area contributed by atoms with Crippen molar-refractivity contribution >= 4 is 21.0 Å². The van der Waals surface area contributed by atoms with Gasteiger partial charge in [-0.2, -0.15) is 0 Å². The minimum absolute atomic E-state index is 0.178. The smallest absolute Gasteiger partial charge is 0.124 e. The molecule has 1 aromatic rings. The first kappa shape index (κ1) is 14.5. The van der Waals surface area contributed by atoms with Crippen molar-refractivity contribution < 1.29 is 13.0 Å². The molecule has 1 fully saturated rings. The van der Waals surface area contributed by atoms with Crippen molar-refractivity contribution in [1.29, 1.82) is 0 Å². The van der Waals surface area contributed by atoms with E-state index in [1.54, 1.807) is 12.1 Å². The van der Waals surface area contributed by atoms with Gasteiger partial charge in [-0.3, -0.25) is 0 Å². The predicted octanol–water partition coefficient (Wildman–Crippen LogP) is 1.93. The monoisotopic (exact) mass is 274 g/mol. The Bertz CT molecular complexity index is 431. The normalized spacial score (nSPS) is 16.4. The zero-order chi connectivity index (χ0) is 12.9. The van der Waals surface area contributed by atoms with Gasteiger partial charge in [-0.1, -0.05) is 17.7 Å². The molecule has 0 saturated carbocycles. The predicted molar refractivity (Wildman–Crippen MR) is 71.4 cm³/mol. The molecule has 0 bridgehead atoms. The van der Waals surface area contributed by atoms with Gasteiger partial charge >= 0.3 is 0 Å². The van der Waals surface area contributed by atoms with Gasteiger partial charge in [0, 0.05) is 0 Å². The average Bonchev–Trinajstić information content (AvgIpc) is 2.69. The standard InChI is InChI=1S/C7H8O3S.C5H11S/c1-6-2-4-7(5-3-6)11(8,9)10;1-6-4-2-3-5-6/h2-5H,1H3,(H,8,9,10);2-5H2,1H3/q;+1/p-1. The molecule has 0 radical (unpaired) electrons. The molecule has 0 N–H and O–H groups in total. The maximum Gasteiger partial charge on any atom is 0.124 e. The van der Waals surface area contributed by atoms with E-state index in [0.717, 1.165) is 16.5 Å². The summed E-state index contributed by atoms with van der Waals surface area (Å²) in [6, 6.07) is 5.78. The van der Waals surface area contributed by atoms with Gasteiger partial charge in [-0.05, 0) is 42.8 Å². The highest BCUT2D eigenvalue weighted by Crippen LogP contribution is 2.09. The lowest BCUT2D eigenvalue weighted by Gasteiger charge is -2.05. The molecular formula is C12H18O3S2. The van der Waals surface area contributed by atoms with Gasteiger partial charge in [0.15, 0.2) is 0 Å². The summed E-state index contributed by atoms with van der Waals surface area (Å²) in [6.45, 7) is 1.82. The maximum atomic E-state index is 10.4. The summed E-state index contributed by atoms with van der Waals surface area (Å²) in [6.07, 6.45) is 5.37. The van der Waals surface area contributed by atoms with Crippen LogP contribution in [0, 0.1) is 6.92 Å². The molecular weight excluding hydrogens is 256 g/mol.